The number of carboxylic acids is 1. The van der Waals surface area contributed by atoms with Gasteiger partial charge in [-0.15, -0.1) is 0 Å². The van der Waals surface area contributed by atoms with Crippen molar-refractivity contribution in [2.24, 2.45) is 7.05 Å². The number of nitrogens with one attached hydrogen (secondary N) is 1. The fourth-order valence-electron chi connectivity index (χ4n) is 3.47. The molecule has 0 spiro atoms. The summed E-state index contributed by atoms with van der Waals surface area (Å²) in [6.07, 6.45) is 5.14. The van der Waals surface area contributed by atoms with Crippen LogP contribution in [0.3, 0.4) is 0 Å². The van der Waals surface area contributed by atoms with Crippen LogP contribution >= 0.6 is 0 Å². The first-order chi connectivity index (χ1) is 11.5. The van der Waals surface area contributed by atoms with Gasteiger partial charge in [-0.05, 0) is 41.9 Å². The molecule has 1 atom stereocenters. The summed E-state index contributed by atoms with van der Waals surface area (Å²) in [5, 5.41) is 16.9. The van der Waals surface area contributed by atoms with Crippen molar-refractivity contribution in [2.75, 3.05) is 0 Å². The third-order valence-electron chi connectivity index (χ3n) is 4.80. The highest BCUT2D eigenvalue weighted by Gasteiger charge is 2.22. The van der Waals surface area contributed by atoms with Crippen LogP contribution in [0.15, 0.2) is 24.4 Å². The third-order valence-corrected chi connectivity index (χ3v) is 4.80. The lowest BCUT2D eigenvalue weighted by molar-refractivity contribution is 0.0688. The van der Waals surface area contributed by atoms with Crippen LogP contribution in [-0.2, 0) is 20.0 Å². The summed E-state index contributed by atoms with van der Waals surface area (Å²) in [6, 6.07) is 7.08. The van der Waals surface area contributed by atoms with E-state index in [0.29, 0.717) is 12.5 Å². The maximum absolute atomic E-state index is 11.3. The van der Waals surface area contributed by atoms with Crippen LogP contribution in [-0.4, -0.2) is 20.9 Å². The van der Waals surface area contributed by atoms with Gasteiger partial charge in [-0.1, -0.05) is 32.0 Å². The largest absolute Gasteiger partial charge is 0.476 e. The van der Waals surface area contributed by atoms with Gasteiger partial charge in [-0.25, -0.2) is 4.79 Å². The van der Waals surface area contributed by atoms with Gasteiger partial charge in [0.1, 0.15) is 0 Å². The summed E-state index contributed by atoms with van der Waals surface area (Å²) < 4.78 is 1.56. The first kappa shape index (κ1) is 16.7. The van der Waals surface area contributed by atoms with Crippen LogP contribution in [0.4, 0.5) is 0 Å². The Bertz CT molecular complexity index is 749. The van der Waals surface area contributed by atoms with E-state index in [1.54, 1.807) is 17.9 Å². The smallest absolute Gasteiger partial charge is 0.356 e. The average Bonchev–Trinajstić information content (AvgIpc) is 2.93. The molecular formula is C19H25N3O2. The predicted octanol–water partition coefficient (Wildman–Crippen LogP) is 3.41. The first-order valence-corrected chi connectivity index (χ1v) is 8.57. The number of hydrogen-bond donors (Lipinski definition) is 2. The van der Waals surface area contributed by atoms with Gasteiger partial charge in [0, 0.05) is 31.4 Å². The Morgan fingerprint density at radius 1 is 1.46 bits per heavy atom. The van der Waals surface area contributed by atoms with E-state index in [4.69, 9.17) is 0 Å². The zero-order valence-electron chi connectivity index (χ0n) is 14.5. The van der Waals surface area contributed by atoms with Gasteiger partial charge in [0.2, 0.25) is 0 Å². The van der Waals surface area contributed by atoms with Crippen molar-refractivity contribution in [3.8, 4) is 0 Å². The Kier molecular flexibility index (Phi) is 4.71. The van der Waals surface area contributed by atoms with Crippen LogP contribution in [0.2, 0.25) is 0 Å². The molecule has 1 aromatic carbocycles. The van der Waals surface area contributed by atoms with E-state index in [2.05, 4.69) is 42.5 Å². The number of carboxylic acid groups (broad SMARTS) is 1. The van der Waals surface area contributed by atoms with E-state index >= 15 is 0 Å². The van der Waals surface area contributed by atoms with Crippen molar-refractivity contribution >= 4 is 5.97 Å². The highest BCUT2D eigenvalue weighted by Crippen LogP contribution is 2.32. The quantitative estimate of drug-likeness (QED) is 0.883. The number of benzene rings is 1. The van der Waals surface area contributed by atoms with Crippen molar-refractivity contribution in [3.63, 3.8) is 0 Å². The lowest BCUT2D eigenvalue weighted by atomic mass is 9.85. The van der Waals surface area contributed by atoms with Gasteiger partial charge in [-0.3, -0.25) is 4.68 Å². The Morgan fingerprint density at radius 2 is 2.25 bits per heavy atom. The van der Waals surface area contributed by atoms with Crippen molar-refractivity contribution in [1.29, 1.82) is 0 Å². The number of carbonyl (C=O) groups is 1. The van der Waals surface area contributed by atoms with Crippen molar-refractivity contribution in [2.45, 2.75) is 51.6 Å². The fraction of sp³-hybridized carbons (Fsp3) is 0.474. The summed E-state index contributed by atoms with van der Waals surface area (Å²) in [7, 11) is 1.75. The lowest BCUT2D eigenvalue weighted by Crippen LogP contribution is -2.25. The predicted molar refractivity (Wildman–Crippen MR) is 93.2 cm³/mol. The molecule has 1 heterocycles. The summed E-state index contributed by atoms with van der Waals surface area (Å²) in [5.41, 5.74) is 5.00. The molecular weight excluding hydrogens is 302 g/mol. The van der Waals surface area contributed by atoms with E-state index < -0.39 is 5.97 Å². The van der Waals surface area contributed by atoms with Gasteiger partial charge >= 0.3 is 5.97 Å². The molecule has 2 N–H and O–H groups in total. The molecule has 0 saturated carbocycles. The molecule has 1 aromatic heterocycles. The molecule has 1 aliphatic rings. The molecule has 3 rings (SSSR count). The number of aryl methyl sites for hydroxylation is 2. The van der Waals surface area contributed by atoms with Gasteiger partial charge in [-0.2, -0.15) is 5.10 Å². The van der Waals surface area contributed by atoms with Gasteiger partial charge in [0.05, 0.1) is 0 Å². The Balaban J connectivity index is 1.80. The molecule has 0 unspecified atom stereocenters. The maximum Gasteiger partial charge on any atom is 0.356 e. The van der Waals surface area contributed by atoms with Gasteiger partial charge in [0.25, 0.3) is 0 Å². The highest BCUT2D eigenvalue weighted by atomic mass is 16.4. The minimum atomic E-state index is -0.974. The summed E-state index contributed by atoms with van der Waals surface area (Å²) in [6.45, 7) is 4.94. The van der Waals surface area contributed by atoms with Gasteiger partial charge < -0.3 is 10.4 Å². The Hall–Kier alpha value is -2.14. The Morgan fingerprint density at radius 3 is 2.96 bits per heavy atom. The second kappa shape index (κ2) is 6.77. The van der Waals surface area contributed by atoms with E-state index in [0.717, 1.165) is 24.8 Å². The number of aromatic nitrogens is 2. The number of aromatic carboxylic acids is 1. The summed E-state index contributed by atoms with van der Waals surface area (Å²) in [4.78, 5) is 11.3. The zero-order chi connectivity index (χ0) is 17.3. The molecule has 0 bridgehead atoms. The molecule has 0 aliphatic heterocycles. The molecule has 0 fully saturated rings. The molecule has 24 heavy (non-hydrogen) atoms. The third kappa shape index (κ3) is 3.36. The topological polar surface area (TPSA) is 67.2 Å². The van der Waals surface area contributed by atoms with E-state index in [-0.39, 0.29) is 11.7 Å². The molecule has 128 valence electrons. The number of rotatable bonds is 5. The second-order valence-corrected chi connectivity index (χ2v) is 6.92. The van der Waals surface area contributed by atoms with E-state index in [1.807, 2.05) is 0 Å². The van der Waals surface area contributed by atoms with E-state index in [9.17, 15) is 9.90 Å². The van der Waals surface area contributed by atoms with E-state index in [1.165, 1.54) is 16.7 Å². The van der Waals surface area contributed by atoms with Crippen molar-refractivity contribution in [1.82, 2.24) is 15.1 Å². The fourth-order valence-corrected chi connectivity index (χ4v) is 3.47. The number of nitrogens with zero attached hydrogens (tertiary/aromatic N) is 2. The minimum Gasteiger partial charge on any atom is -0.476 e. The summed E-state index contributed by atoms with van der Waals surface area (Å²) in [5.74, 6) is -0.464. The molecule has 0 radical (unpaired) electrons. The highest BCUT2D eigenvalue weighted by molar-refractivity contribution is 5.86. The monoisotopic (exact) mass is 327 g/mol. The number of hydrogen-bond acceptors (Lipinski definition) is 3. The van der Waals surface area contributed by atoms with Crippen LogP contribution in [0.25, 0.3) is 0 Å². The SMILES string of the molecule is CC(C)c1ccc2c(c1)[C@@H](NCc1cn(C)nc1C(=O)O)CCC2. The maximum atomic E-state index is 11.3. The standard InChI is InChI=1S/C19H25N3O2/c1-12(2)14-8-7-13-5-4-6-17(16(13)9-14)20-10-15-11-22(3)21-18(15)19(23)24/h7-9,11-12,17,20H,4-6,10H2,1-3H3,(H,23,24)/t17-/m0/s1. The van der Waals surface area contributed by atoms with Crippen molar-refractivity contribution < 1.29 is 9.90 Å². The first-order valence-electron chi connectivity index (χ1n) is 8.57. The normalized spacial score (nSPS) is 17.1. The minimum absolute atomic E-state index is 0.136. The van der Waals surface area contributed by atoms with Crippen LogP contribution in [0.1, 0.15) is 71.4 Å². The van der Waals surface area contributed by atoms with Crippen LogP contribution < -0.4 is 5.32 Å². The Labute approximate surface area is 142 Å². The molecule has 0 saturated heterocycles. The van der Waals surface area contributed by atoms with Crippen LogP contribution in [0, 0.1) is 0 Å². The molecule has 5 nitrogen and oxygen atoms in total. The zero-order valence-corrected chi connectivity index (χ0v) is 14.5. The molecule has 2 aromatic rings. The molecule has 1 aliphatic carbocycles. The van der Waals surface area contributed by atoms with Crippen molar-refractivity contribution in [3.05, 3.63) is 52.3 Å². The average molecular weight is 327 g/mol. The second-order valence-electron chi connectivity index (χ2n) is 6.92. The summed E-state index contributed by atoms with van der Waals surface area (Å²) >= 11 is 0. The van der Waals surface area contributed by atoms with Gasteiger partial charge in [0.15, 0.2) is 5.69 Å². The molecule has 5 heteroatoms. The molecule has 0 amide bonds. The number of fused-ring (bicyclic) bond motifs is 1. The van der Waals surface area contributed by atoms with Crippen LogP contribution in [0.5, 0.6) is 0 Å². The lowest BCUT2D eigenvalue weighted by Gasteiger charge is -2.27.